The highest BCUT2D eigenvalue weighted by Gasteiger charge is 2.15. The second kappa shape index (κ2) is 9.06. The number of hydrazine groups is 1. The van der Waals surface area contributed by atoms with Crippen LogP contribution in [0.15, 0.2) is 53.4 Å². The predicted molar refractivity (Wildman–Crippen MR) is 112 cm³/mol. The fourth-order valence-electron chi connectivity index (χ4n) is 2.84. The summed E-state index contributed by atoms with van der Waals surface area (Å²) < 4.78 is 28.5. The van der Waals surface area contributed by atoms with E-state index in [-0.39, 0.29) is 24.3 Å². The van der Waals surface area contributed by atoms with Gasteiger partial charge in [0.25, 0.3) is 0 Å². The van der Waals surface area contributed by atoms with Gasteiger partial charge in [-0.3, -0.25) is 20.4 Å². The molecular formula is C20H23N5O4S. The third-order valence-corrected chi connectivity index (χ3v) is 5.99. The van der Waals surface area contributed by atoms with Crippen LogP contribution in [0.2, 0.25) is 0 Å². The van der Waals surface area contributed by atoms with E-state index in [0.717, 1.165) is 16.6 Å². The Hall–Kier alpha value is -3.24. The van der Waals surface area contributed by atoms with Gasteiger partial charge in [0, 0.05) is 20.0 Å². The van der Waals surface area contributed by atoms with Crippen LogP contribution in [0, 0.1) is 6.92 Å². The highest BCUT2D eigenvalue weighted by Crippen LogP contribution is 2.14. The molecule has 0 fully saturated rings. The number of benzene rings is 2. The van der Waals surface area contributed by atoms with Crippen molar-refractivity contribution >= 4 is 32.9 Å². The summed E-state index contributed by atoms with van der Waals surface area (Å²) in [5, 5.41) is 0. The van der Waals surface area contributed by atoms with Crippen LogP contribution < -0.4 is 15.6 Å². The highest BCUT2D eigenvalue weighted by molar-refractivity contribution is 7.89. The quantitative estimate of drug-likeness (QED) is 0.483. The number of sulfonamides is 1. The molecule has 10 heteroatoms. The Labute approximate surface area is 174 Å². The SMILES string of the molecule is Cc1ccc(S(=O)(=O)NCCC(=O)NNC(=O)Cc2nc3ccccc3n2C)cc1. The number of imidazole rings is 1. The lowest BCUT2D eigenvalue weighted by Crippen LogP contribution is -2.43. The molecule has 1 aromatic heterocycles. The molecule has 0 saturated heterocycles. The molecule has 0 spiro atoms. The van der Waals surface area contributed by atoms with E-state index in [1.807, 2.05) is 42.8 Å². The zero-order valence-corrected chi connectivity index (χ0v) is 17.5. The van der Waals surface area contributed by atoms with Crippen molar-refractivity contribution < 1.29 is 18.0 Å². The van der Waals surface area contributed by atoms with E-state index < -0.39 is 21.8 Å². The molecule has 30 heavy (non-hydrogen) atoms. The zero-order valence-electron chi connectivity index (χ0n) is 16.7. The zero-order chi connectivity index (χ0) is 21.7. The molecule has 2 amide bonds. The molecular weight excluding hydrogens is 406 g/mol. The van der Waals surface area contributed by atoms with E-state index in [9.17, 15) is 18.0 Å². The topological polar surface area (TPSA) is 122 Å². The minimum absolute atomic E-state index is 0.00842. The summed E-state index contributed by atoms with van der Waals surface area (Å²) in [5.74, 6) is -0.379. The molecule has 0 aliphatic carbocycles. The molecule has 1 heterocycles. The lowest BCUT2D eigenvalue weighted by Gasteiger charge is -2.09. The van der Waals surface area contributed by atoms with Gasteiger partial charge >= 0.3 is 0 Å². The summed E-state index contributed by atoms with van der Waals surface area (Å²) in [5.41, 5.74) is 7.24. The molecule has 3 N–H and O–H groups in total. The Balaban J connectivity index is 1.44. The first-order valence-electron chi connectivity index (χ1n) is 9.30. The van der Waals surface area contributed by atoms with Gasteiger partial charge in [-0.05, 0) is 31.2 Å². The molecule has 3 rings (SSSR count). The van der Waals surface area contributed by atoms with Crippen LogP contribution in [0.25, 0.3) is 11.0 Å². The minimum Gasteiger partial charge on any atom is -0.331 e. The number of rotatable bonds is 7. The molecule has 0 aliphatic rings. The minimum atomic E-state index is -3.69. The van der Waals surface area contributed by atoms with Crippen molar-refractivity contribution in [1.29, 1.82) is 0 Å². The van der Waals surface area contributed by atoms with Gasteiger partial charge in [-0.2, -0.15) is 0 Å². The van der Waals surface area contributed by atoms with Gasteiger partial charge in [0.1, 0.15) is 5.82 Å². The highest BCUT2D eigenvalue weighted by atomic mass is 32.2. The van der Waals surface area contributed by atoms with Crippen LogP contribution in [-0.4, -0.2) is 36.3 Å². The van der Waals surface area contributed by atoms with Crippen LogP contribution in [0.1, 0.15) is 17.8 Å². The third kappa shape index (κ3) is 5.22. The molecule has 0 bridgehead atoms. The van der Waals surface area contributed by atoms with E-state index in [2.05, 4.69) is 20.6 Å². The van der Waals surface area contributed by atoms with Crippen molar-refractivity contribution in [2.45, 2.75) is 24.7 Å². The third-order valence-electron chi connectivity index (χ3n) is 4.52. The van der Waals surface area contributed by atoms with E-state index in [1.54, 1.807) is 12.1 Å². The van der Waals surface area contributed by atoms with Gasteiger partial charge in [0.15, 0.2) is 0 Å². The lowest BCUT2D eigenvalue weighted by atomic mass is 10.2. The number of carbonyl (C=O) groups is 2. The van der Waals surface area contributed by atoms with Crippen molar-refractivity contribution in [1.82, 2.24) is 25.1 Å². The summed E-state index contributed by atoms with van der Waals surface area (Å²) in [4.78, 5) is 28.5. The van der Waals surface area contributed by atoms with Crippen molar-refractivity contribution in [3.8, 4) is 0 Å². The summed E-state index contributed by atoms with van der Waals surface area (Å²) in [6, 6.07) is 13.9. The van der Waals surface area contributed by atoms with E-state index in [1.165, 1.54) is 12.1 Å². The predicted octanol–water partition coefficient (Wildman–Crippen LogP) is 0.940. The van der Waals surface area contributed by atoms with E-state index >= 15 is 0 Å². The molecule has 0 unspecified atom stereocenters. The number of nitrogens with one attached hydrogen (secondary N) is 3. The number of aromatic nitrogens is 2. The summed E-state index contributed by atoms with van der Waals surface area (Å²) in [6.07, 6.45) is -0.136. The average molecular weight is 430 g/mol. The number of aryl methyl sites for hydroxylation is 2. The molecule has 9 nitrogen and oxygen atoms in total. The maximum absolute atomic E-state index is 12.2. The van der Waals surface area contributed by atoms with Crippen LogP contribution in [0.5, 0.6) is 0 Å². The molecule has 0 radical (unpaired) electrons. The van der Waals surface area contributed by atoms with Crippen LogP contribution in [-0.2, 0) is 33.1 Å². The summed E-state index contributed by atoms with van der Waals surface area (Å²) >= 11 is 0. The number of hydrogen-bond acceptors (Lipinski definition) is 5. The second-order valence-electron chi connectivity index (χ2n) is 6.81. The van der Waals surface area contributed by atoms with Crippen molar-refractivity contribution in [3.63, 3.8) is 0 Å². The first-order chi connectivity index (χ1) is 14.3. The summed E-state index contributed by atoms with van der Waals surface area (Å²) in [6.45, 7) is 1.77. The monoisotopic (exact) mass is 429 g/mol. The Morgan fingerprint density at radius 3 is 2.37 bits per heavy atom. The van der Waals surface area contributed by atoms with Gasteiger partial charge in [-0.1, -0.05) is 29.8 Å². The number of amides is 2. The fourth-order valence-corrected chi connectivity index (χ4v) is 3.87. The Morgan fingerprint density at radius 1 is 1.00 bits per heavy atom. The van der Waals surface area contributed by atoms with Crippen LogP contribution >= 0.6 is 0 Å². The molecule has 0 atom stereocenters. The Morgan fingerprint density at radius 2 is 1.67 bits per heavy atom. The van der Waals surface area contributed by atoms with Crippen molar-refractivity contribution in [3.05, 3.63) is 59.9 Å². The molecule has 3 aromatic rings. The van der Waals surface area contributed by atoms with Crippen molar-refractivity contribution in [2.75, 3.05) is 6.54 Å². The maximum Gasteiger partial charge on any atom is 0.245 e. The number of nitrogens with zero attached hydrogens (tertiary/aromatic N) is 2. The largest absolute Gasteiger partial charge is 0.331 e. The van der Waals surface area contributed by atoms with Gasteiger partial charge in [0.05, 0.1) is 22.3 Å². The number of carbonyl (C=O) groups excluding carboxylic acids is 2. The first-order valence-corrected chi connectivity index (χ1v) is 10.8. The molecule has 2 aromatic carbocycles. The van der Waals surface area contributed by atoms with Crippen LogP contribution in [0.3, 0.4) is 0 Å². The normalized spacial score (nSPS) is 11.4. The van der Waals surface area contributed by atoms with Gasteiger partial charge < -0.3 is 4.57 Å². The van der Waals surface area contributed by atoms with Crippen molar-refractivity contribution in [2.24, 2.45) is 7.05 Å². The Bertz CT molecular complexity index is 1170. The lowest BCUT2D eigenvalue weighted by molar-refractivity contribution is -0.128. The standard InChI is InChI=1S/C20H23N5O4S/c1-14-7-9-15(10-8-14)30(28,29)21-12-11-19(26)23-24-20(27)13-18-22-16-5-3-4-6-17(16)25(18)2/h3-10,21H,11-13H2,1-2H3,(H,23,26)(H,24,27). The second-order valence-corrected chi connectivity index (χ2v) is 8.58. The van der Waals surface area contributed by atoms with Crippen LogP contribution in [0.4, 0.5) is 0 Å². The Kier molecular flexibility index (Phi) is 6.48. The van der Waals surface area contributed by atoms with E-state index in [4.69, 9.17) is 0 Å². The van der Waals surface area contributed by atoms with Gasteiger partial charge in [-0.15, -0.1) is 0 Å². The average Bonchev–Trinajstić information content (AvgIpc) is 3.02. The van der Waals surface area contributed by atoms with Gasteiger partial charge in [0.2, 0.25) is 21.8 Å². The maximum atomic E-state index is 12.2. The molecule has 158 valence electrons. The molecule has 0 saturated carbocycles. The molecule has 0 aliphatic heterocycles. The number of hydrogen-bond donors (Lipinski definition) is 3. The van der Waals surface area contributed by atoms with E-state index in [0.29, 0.717) is 5.82 Å². The first kappa shape index (κ1) is 21.5. The smallest absolute Gasteiger partial charge is 0.245 e. The fraction of sp³-hybridized carbons (Fsp3) is 0.250. The number of para-hydroxylation sites is 2. The number of fused-ring (bicyclic) bond motifs is 1. The summed E-state index contributed by atoms with van der Waals surface area (Å²) in [7, 11) is -1.87. The van der Waals surface area contributed by atoms with Gasteiger partial charge in [-0.25, -0.2) is 18.1 Å².